The normalized spacial score (nSPS) is 11.7. The summed E-state index contributed by atoms with van der Waals surface area (Å²) in [6.07, 6.45) is 0. The molecule has 0 aliphatic heterocycles. The third-order valence-electron chi connectivity index (χ3n) is 5.84. The summed E-state index contributed by atoms with van der Waals surface area (Å²) in [6.45, 7) is 6.47. The maximum atomic E-state index is 11.6. The van der Waals surface area contributed by atoms with E-state index in [4.69, 9.17) is 14.2 Å². The Morgan fingerprint density at radius 3 is 2.37 bits per heavy atom. The number of methoxy groups -OCH3 is 1. The summed E-state index contributed by atoms with van der Waals surface area (Å²) >= 11 is 1.28. The van der Waals surface area contributed by atoms with Gasteiger partial charge in [-0.1, -0.05) is 47.7 Å². The molecule has 1 atom stereocenters. The molecule has 1 aromatic heterocycles. The molecule has 3 aromatic carbocycles. The molecule has 0 bridgehead atoms. The van der Waals surface area contributed by atoms with Crippen LogP contribution in [0.4, 0.5) is 0 Å². The van der Waals surface area contributed by atoms with Crippen LogP contribution in [0, 0.1) is 24.0 Å². The zero-order valence-electron chi connectivity index (χ0n) is 21.8. The van der Waals surface area contributed by atoms with Gasteiger partial charge in [-0.2, -0.15) is 0 Å². The monoisotopic (exact) mass is 534 g/mol. The summed E-state index contributed by atoms with van der Waals surface area (Å²) < 4.78 is 19.0. The molecule has 0 saturated heterocycles. The van der Waals surface area contributed by atoms with Crippen molar-refractivity contribution in [2.45, 2.75) is 37.8 Å². The third kappa shape index (κ3) is 6.63. The van der Waals surface area contributed by atoms with Gasteiger partial charge in [0.2, 0.25) is 6.54 Å². The van der Waals surface area contributed by atoms with Crippen molar-refractivity contribution in [3.8, 4) is 22.9 Å². The van der Waals surface area contributed by atoms with Crippen LogP contribution in [0.15, 0.2) is 71.9 Å². The zero-order chi connectivity index (χ0) is 27.1. The first kappa shape index (κ1) is 27.0. The van der Waals surface area contributed by atoms with E-state index in [0.717, 1.165) is 22.6 Å². The number of rotatable bonds is 12. The predicted molar refractivity (Wildman–Crippen MR) is 146 cm³/mol. The van der Waals surface area contributed by atoms with Gasteiger partial charge in [-0.05, 0) is 68.3 Å². The number of aryl methyl sites for hydroxylation is 2. The summed E-state index contributed by atoms with van der Waals surface area (Å²) in [4.78, 5) is 11.3. The van der Waals surface area contributed by atoms with E-state index in [2.05, 4.69) is 10.2 Å². The summed E-state index contributed by atoms with van der Waals surface area (Å²) in [5.41, 5.74) is 3.78. The number of nitrogens with zero attached hydrogens (tertiary/aromatic N) is 4. The maximum Gasteiger partial charge on any atom is 0.220 e. The number of thioether (sulfide) groups is 1. The van der Waals surface area contributed by atoms with Gasteiger partial charge < -0.3 is 14.2 Å². The van der Waals surface area contributed by atoms with Gasteiger partial charge >= 0.3 is 0 Å². The van der Waals surface area contributed by atoms with Crippen LogP contribution in [-0.4, -0.2) is 39.9 Å². The minimum atomic E-state index is -0.532. The molecule has 0 spiro atoms. The molecule has 0 unspecified atom stereocenters. The van der Waals surface area contributed by atoms with E-state index in [1.807, 2.05) is 79.9 Å². The van der Waals surface area contributed by atoms with Gasteiger partial charge in [0, 0.05) is 10.6 Å². The van der Waals surface area contributed by atoms with Crippen molar-refractivity contribution < 1.29 is 19.1 Å². The average Bonchev–Trinajstić information content (AvgIpc) is 3.28. The predicted octanol–water partition coefficient (Wildman–Crippen LogP) is 5.98. The summed E-state index contributed by atoms with van der Waals surface area (Å²) in [5.74, 6) is 2.51. The van der Waals surface area contributed by atoms with Crippen molar-refractivity contribution in [1.29, 1.82) is 0 Å². The Balaban J connectivity index is 1.58. The molecule has 4 rings (SSSR count). The maximum absolute atomic E-state index is 11.6. The Labute approximate surface area is 225 Å². The molecule has 9 nitrogen and oxygen atoms in total. The highest BCUT2D eigenvalue weighted by molar-refractivity contribution is 7.99. The van der Waals surface area contributed by atoms with Crippen molar-refractivity contribution in [3.63, 3.8) is 0 Å². The first-order valence-corrected chi connectivity index (χ1v) is 13.1. The van der Waals surface area contributed by atoms with Gasteiger partial charge in [-0.3, -0.25) is 14.7 Å². The number of hydrogen-bond acceptors (Lipinski definition) is 8. The SMILES string of the molecule is CCOc1ccc(-n2c(C)nnc2S[C@@H](C[N+](=O)[O-])c2ccc(OCc3ccc(C)cc3)c(OC)c2)cc1. The van der Waals surface area contributed by atoms with E-state index in [1.54, 1.807) is 19.2 Å². The van der Waals surface area contributed by atoms with Gasteiger partial charge in [-0.25, -0.2) is 0 Å². The Kier molecular flexibility index (Phi) is 8.85. The van der Waals surface area contributed by atoms with Crippen LogP contribution in [0.3, 0.4) is 0 Å². The highest BCUT2D eigenvalue weighted by Crippen LogP contribution is 2.39. The van der Waals surface area contributed by atoms with Gasteiger partial charge in [0.15, 0.2) is 16.7 Å². The minimum absolute atomic E-state index is 0.299. The minimum Gasteiger partial charge on any atom is -0.494 e. The lowest BCUT2D eigenvalue weighted by atomic mass is 10.1. The van der Waals surface area contributed by atoms with Crippen LogP contribution < -0.4 is 14.2 Å². The molecule has 0 aliphatic carbocycles. The molecular formula is C28H30N4O5S. The highest BCUT2D eigenvalue weighted by Gasteiger charge is 2.25. The molecule has 10 heteroatoms. The number of hydrogen-bond donors (Lipinski definition) is 0. The third-order valence-corrected chi connectivity index (χ3v) is 7.02. The van der Waals surface area contributed by atoms with E-state index >= 15 is 0 Å². The Hall–Kier alpha value is -4.05. The molecule has 0 amide bonds. The average molecular weight is 535 g/mol. The van der Waals surface area contributed by atoms with Crippen molar-refractivity contribution in [1.82, 2.24) is 14.8 Å². The largest absolute Gasteiger partial charge is 0.494 e. The smallest absolute Gasteiger partial charge is 0.220 e. The molecule has 38 heavy (non-hydrogen) atoms. The summed E-state index contributed by atoms with van der Waals surface area (Å²) in [6, 6.07) is 21.1. The number of nitro groups is 1. The Morgan fingerprint density at radius 1 is 0.974 bits per heavy atom. The van der Waals surface area contributed by atoms with Crippen molar-refractivity contribution in [2.75, 3.05) is 20.3 Å². The van der Waals surface area contributed by atoms with Crippen molar-refractivity contribution in [2.24, 2.45) is 0 Å². The van der Waals surface area contributed by atoms with Crippen LogP contribution in [0.1, 0.15) is 34.7 Å². The second-order valence-corrected chi connectivity index (χ2v) is 9.77. The van der Waals surface area contributed by atoms with Gasteiger partial charge in [-0.15, -0.1) is 10.2 Å². The van der Waals surface area contributed by atoms with Crippen LogP contribution >= 0.6 is 11.8 Å². The highest BCUT2D eigenvalue weighted by atomic mass is 32.2. The number of benzene rings is 3. The lowest BCUT2D eigenvalue weighted by molar-refractivity contribution is -0.479. The molecule has 0 fully saturated rings. The molecule has 0 saturated carbocycles. The lowest BCUT2D eigenvalue weighted by Crippen LogP contribution is -2.11. The van der Waals surface area contributed by atoms with Crippen molar-refractivity contribution >= 4 is 11.8 Å². The van der Waals surface area contributed by atoms with E-state index in [0.29, 0.717) is 35.7 Å². The molecule has 0 N–H and O–H groups in total. The summed E-state index contributed by atoms with van der Waals surface area (Å²) in [5, 5.41) is 20.2. The fourth-order valence-electron chi connectivity index (χ4n) is 3.90. The first-order valence-electron chi connectivity index (χ1n) is 12.2. The topological polar surface area (TPSA) is 102 Å². The van der Waals surface area contributed by atoms with Gasteiger partial charge in [0.25, 0.3) is 0 Å². The lowest BCUT2D eigenvalue weighted by Gasteiger charge is -2.17. The molecule has 0 radical (unpaired) electrons. The van der Waals surface area contributed by atoms with Crippen LogP contribution in [0.2, 0.25) is 0 Å². The molecule has 1 heterocycles. The Bertz CT molecular complexity index is 1370. The molecule has 0 aliphatic rings. The van der Waals surface area contributed by atoms with Crippen LogP contribution in [-0.2, 0) is 6.61 Å². The fraction of sp³-hybridized carbons (Fsp3) is 0.286. The van der Waals surface area contributed by atoms with Crippen molar-refractivity contribution in [3.05, 3.63) is 99.4 Å². The molecule has 4 aromatic rings. The Morgan fingerprint density at radius 2 is 1.71 bits per heavy atom. The van der Waals surface area contributed by atoms with E-state index in [9.17, 15) is 10.1 Å². The van der Waals surface area contributed by atoms with Gasteiger partial charge in [0.1, 0.15) is 23.4 Å². The van der Waals surface area contributed by atoms with E-state index in [1.165, 1.54) is 17.3 Å². The quantitative estimate of drug-likeness (QED) is 0.124. The van der Waals surface area contributed by atoms with E-state index in [-0.39, 0.29) is 11.5 Å². The molecule has 198 valence electrons. The standard InChI is InChI=1S/C28H30N4O5S/c1-5-36-24-13-11-23(12-14-24)32-20(3)29-30-28(32)38-27(17-31(33)34)22-10-15-25(26(16-22)35-4)37-18-21-8-6-19(2)7-9-21/h6-16,27H,5,17-18H2,1-4H3/t27-/m0/s1. The van der Waals surface area contributed by atoms with E-state index < -0.39 is 5.25 Å². The zero-order valence-corrected chi connectivity index (χ0v) is 22.6. The number of aromatic nitrogens is 3. The fourth-order valence-corrected chi connectivity index (χ4v) is 5.06. The molecular weight excluding hydrogens is 504 g/mol. The second kappa shape index (κ2) is 12.5. The van der Waals surface area contributed by atoms with Crippen LogP contribution in [0.25, 0.3) is 5.69 Å². The summed E-state index contributed by atoms with van der Waals surface area (Å²) in [7, 11) is 1.55. The van der Waals surface area contributed by atoms with Crippen LogP contribution in [0.5, 0.6) is 17.2 Å². The first-order chi connectivity index (χ1) is 18.4. The second-order valence-electron chi connectivity index (χ2n) is 8.60. The number of ether oxygens (including phenoxy) is 3. The van der Waals surface area contributed by atoms with Gasteiger partial charge in [0.05, 0.1) is 13.7 Å².